The molecule has 0 fully saturated rings. The molecule has 12 heavy (non-hydrogen) atoms. The minimum absolute atomic E-state index is 0.657. The summed E-state index contributed by atoms with van der Waals surface area (Å²) < 4.78 is 23.1. The topological polar surface area (TPSA) is 58.5 Å². The Balaban J connectivity index is 2.78. The summed E-state index contributed by atoms with van der Waals surface area (Å²) in [5, 5.41) is 0. The van der Waals surface area contributed by atoms with E-state index in [1.165, 1.54) is 0 Å². The fourth-order valence-electron chi connectivity index (χ4n) is 0.718. The molecule has 0 aromatic heterocycles. The van der Waals surface area contributed by atoms with Crippen LogP contribution in [0.4, 0.5) is 5.69 Å². The minimum Gasteiger partial charge on any atom is -0.263 e. The van der Waals surface area contributed by atoms with Crippen molar-refractivity contribution in [3.63, 3.8) is 0 Å². The van der Waals surface area contributed by atoms with Crippen molar-refractivity contribution in [3.05, 3.63) is 29.8 Å². The smallest absolute Gasteiger partial charge is 0.263 e. The maximum absolute atomic E-state index is 10.0. The molecule has 0 saturated heterocycles. The van der Waals surface area contributed by atoms with E-state index in [0.29, 0.717) is 5.69 Å². The van der Waals surface area contributed by atoms with Gasteiger partial charge in [0.2, 0.25) is 0 Å². The predicted octanol–water partition coefficient (Wildman–Crippen LogP) is 1.38. The molecule has 0 aliphatic rings. The summed E-state index contributed by atoms with van der Waals surface area (Å²) in [6.45, 7) is 1.95. The monoisotopic (exact) mass is 184 g/mol. The van der Waals surface area contributed by atoms with Crippen LogP contribution in [0.5, 0.6) is 0 Å². The van der Waals surface area contributed by atoms with Gasteiger partial charge in [0, 0.05) is 0 Å². The quantitative estimate of drug-likeness (QED) is 0.706. The van der Waals surface area contributed by atoms with E-state index < -0.39 is 10.5 Å². The largest absolute Gasteiger partial charge is 0.332 e. The van der Waals surface area contributed by atoms with Crippen LogP contribution in [0.25, 0.3) is 0 Å². The van der Waals surface area contributed by atoms with Gasteiger partial charge in [-0.2, -0.15) is 8.42 Å². The minimum atomic E-state index is -2.41. The Morgan fingerprint density at radius 1 is 1.25 bits per heavy atom. The Bertz CT molecular complexity index is 372. The molecular formula is C7H8N2O2S. The van der Waals surface area contributed by atoms with Gasteiger partial charge in [-0.1, -0.05) is 22.2 Å². The molecule has 0 heterocycles. The zero-order chi connectivity index (χ0) is 8.97. The van der Waals surface area contributed by atoms with Gasteiger partial charge < -0.3 is 0 Å². The van der Waals surface area contributed by atoms with Gasteiger partial charge in [0.25, 0.3) is 0 Å². The van der Waals surface area contributed by atoms with Crippen LogP contribution >= 0.6 is 0 Å². The van der Waals surface area contributed by atoms with Crippen LogP contribution < -0.4 is 5.43 Å². The van der Waals surface area contributed by atoms with Gasteiger partial charge in [0.05, 0.1) is 5.69 Å². The normalized spacial score (nSPS) is 9.08. The molecule has 1 aromatic rings. The average Bonchev–Trinajstić information content (AvgIpc) is 2.03. The van der Waals surface area contributed by atoms with Crippen LogP contribution in [0.15, 0.2) is 28.7 Å². The number of nitrogens with one attached hydrogen (secondary N) is 1. The number of rotatable bonds is 2. The lowest BCUT2D eigenvalue weighted by Gasteiger charge is -1.96. The summed E-state index contributed by atoms with van der Waals surface area (Å²) in [5.41, 5.74) is 4.16. The number of aryl methyl sites for hydroxylation is 1. The molecule has 0 unspecified atom stereocenters. The number of anilines is 1. The third kappa shape index (κ3) is 2.71. The van der Waals surface area contributed by atoms with Gasteiger partial charge in [0.15, 0.2) is 0 Å². The van der Waals surface area contributed by atoms with Crippen molar-refractivity contribution in [2.75, 3.05) is 5.43 Å². The summed E-state index contributed by atoms with van der Waals surface area (Å²) in [4.78, 5) is 0. The maximum Gasteiger partial charge on any atom is 0.332 e. The van der Waals surface area contributed by atoms with Gasteiger partial charge in [-0.25, -0.2) is 0 Å². The first kappa shape index (κ1) is 8.73. The van der Waals surface area contributed by atoms with Crippen LogP contribution in [-0.2, 0) is 10.5 Å². The Morgan fingerprint density at radius 3 is 2.33 bits per heavy atom. The van der Waals surface area contributed by atoms with Gasteiger partial charge in [-0.3, -0.25) is 5.43 Å². The second kappa shape index (κ2) is 3.87. The molecule has 1 N–H and O–H groups in total. The molecule has 0 aliphatic carbocycles. The molecule has 1 rings (SSSR count). The fraction of sp³-hybridized carbons (Fsp3) is 0.143. The highest BCUT2D eigenvalue weighted by molar-refractivity contribution is 7.61. The van der Waals surface area contributed by atoms with Crippen LogP contribution in [0, 0.1) is 6.92 Å². The van der Waals surface area contributed by atoms with Crippen molar-refractivity contribution in [2.24, 2.45) is 4.47 Å². The first-order chi connectivity index (χ1) is 5.68. The Kier molecular flexibility index (Phi) is 2.82. The van der Waals surface area contributed by atoms with Crippen molar-refractivity contribution < 1.29 is 8.42 Å². The zero-order valence-corrected chi connectivity index (χ0v) is 7.30. The molecule has 0 amide bonds. The van der Waals surface area contributed by atoms with E-state index in [0.717, 1.165) is 5.56 Å². The molecule has 0 spiro atoms. The fourth-order valence-corrected chi connectivity index (χ4v) is 0.898. The van der Waals surface area contributed by atoms with E-state index >= 15 is 0 Å². The van der Waals surface area contributed by atoms with Crippen molar-refractivity contribution in [2.45, 2.75) is 6.92 Å². The highest BCUT2D eigenvalue weighted by Gasteiger charge is 1.87. The molecule has 5 heteroatoms. The maximum atomic E-state index is 10.0. The Labute approximate surface area is 71.9 Å². The average molecular weight is 184 g/mol. The third-order valence-corrected chi connectivity index (χ3v) is 1.54. The summed E-state index contributed by atoms with van der Waals surface area (Å²) in [6, 6.07) is 7.24. The van der Waals surface area contributed by atoms with Crippen molar-refractivity contribution >= 4 is 16.2 Å². The van der Waals surface area contributed by atoms with Gasteiger partial charge in [-0.05, 0) is 19.1 Å². The predicted molar refractivity (Wildman–Crippen MR) is 46.1 cm³/mol. The molecule has 0 saturated carbocycles. The lowest BCUT2D eigenvalue weighted by molar-refractivity contribution is 0.621. The first-order valence-electron chi connectivity index (χ1n) is 3.31. The number of hydrogen-bond donors (Lipinski definition) is 1. The molecule has 0 atom stereocenters. The molecule has 64 valence electrons. The van der Waals surface area contributed by atoms with Crippen molar-refractivity contribution in [1.29, 1.82) is 0 Å². The van der Waals surface area contributed by atoms with Crippen LogP contribution in [0.1, 0.15) is 5.56 Å². The Morgan fingerprint density at radius 2 is 1.83 bits per heavy atom. The lowest BCUT2D eigenvalue weighted by Crippen LogP contribution is -1.86. The third-order valence-electron chi connectivity index (χ3n) is 1.30. The number of hydrogen-bond acceptors (Lipinski definition) is 3. The van der Waals surface area contributed by atoms with Gasteiger partial charge in [-0.15, -0.1) is 0 Å². The first-order valence-corrected chi connectivity index (χ1v) is 4.34. The van der Waals surface area contributed by atoms with Crippen LogP contribution in [-0.4, -0.2) is 8.42 Å². The van der Waals surface area contributed by atoms with Gasteiger partial charge in [0.1, 0.15) is 0 Å². The van der Waals surface area contributed by atoms with Crippen LogP contribution in [0.2, 0.25) is 0 Å². The molecular weight excluding hydrogens is 176 g/mol. The van der Waals surface area contributed by atoms with E-state index in [9.17, 15) is 8.42 Å². The standard InChI is InChI=1S/C7H8N2O2S/c1-6-2-4-7(5-3-6)8-9-12(10)11/h2-5,8H,1H3. The lowest BCUT2D eigenvalue weighted by atomic mass is 10.2. The molecule has 0 aliphatic heterocycles. The summed E-state index contributed by atoms with van der Waals surface area (Å²) in [5.74, 6) is 0. The van der Waals surface area contributed by atoms with E-state index in [4.69, 9.17) is 0 Å². The highest BCUT2D eigenvalue weighted by Crippen LogP contribution is 2.07. The summed E-state index contributed by atoms with van der Waals surface area (Å²) in [6.07, 6.45) is 0. The SMILES string of the molecule is Cc1ccc(NN=S(=O)=O)cc1. The summed E-state index contributed by atoms with van der Waals surface area (Å²) >= 11 is 0. The molecule has 1 aromatic carbocycles. The number of nitrogens with zero attached hydrogens (tertiary/aromatic N) is 1. The molecule has 0 bridgehead atoms. The van der Waals surface area contributed by atoms with E-state index in [2.05, 4.69) is 9.90 Å². The second-order valence-corrected chi connectivity index (χ2v) is 2.90. The molecule has 0 radical (unpaired) electrons. The number of benzene rings is 1. The Hall–Kier alpha value is -1.36. The zero-order valence-electron chi connectivity index (χ0n) is 6.48. The van der Waals surface area contributed by atoms with Crippen LogP contribution in [0.3, 0.4) is 0 Å². The molecule has 4 nitrogen and oxygen atoms in total. The van der Waals surface area contributed by atoms with E-state index in [-0.39, 0.29) is 0 Å². The van der Waals surface area contributed by atoms with Gasteiger partial charge >= 0.3 is 10.5 Å². The second-order valence-electron chi connectivity index (χ2n) is 2.29. The summed E-state index contributed by atoms with van der Waals surface area (Å²) in [7, 11) is -2.41. The van der Waals surface area contributed by atoms with Crippen molar-refractivity contribution in [1.82, 2.24) is 0 Å². The highest BCUT2D eigenvalue weighted by atomic mass is 32.2. The van der Waals surface area contributed by atoms with E-state index in [1.54, 1.807) is 12.1 Å². The van der Waals surface area contributed by atoms with Crippen molar-refractivity contribution in [3.8, 4) is 0 Å². The van der Waals surface area contributed by atoms with E-state index in [1.807, 2.05) is 19.1 Å².